The van der Waals surface area contributed by atoms with E-state index in [4.69, 9.17) is 16.3 Å². The van der Waals surface area contributed by atoms with Crippen LogP contribution >= 0.6 is 11.6 Å². The molecule has 0 unspecified atom stereocenters. The molecule has 1 saturated heterocycles. The van der Waals surface area contributed by atoms with Crippen molar-refractivity contribution in [2.24, 2.45) is 0 Å². The first-order valence-electron chi connectivity index (χ1n) is 8.82. The van der Waals surface area contributed by atoms with Crippen molar-refractivity contribution >= 4 is 23.2 Å². The number of nitrogens with one attached hydrogen (secondary N) is 2. The molecule has 4 rings (SSSR count). The monoisotopic (exact) mass is 371 g/mol. The fourth-order valence-corrected chi connectivity index (χ4v) is 3.89. The number of methoxy groups -OCH3 is 1. The maximum atomic E-state index is 12.5. The molecule has 2 aromatic rings. The first kappa shape index (κ1) is 17.2. The van der Waals surface area contributed by atoms with Crippen molar-refractivity contribution in [3.63, 3.8) is 0 Å². The van der Waals surface area contributed by atoms with Crippen LogP contribution < -0.4 is 15.4 Å². The van der Waals surface area contributed by atoms with Crippen LogP contribution in [0.1, 0.15) is 28.8 Å². The summed E-state index contributed by atoms with van der Waals surface area (Å²) in [6.45, 7) is 2.74. The number of benzene rings is 2. The number of carbonyl (C=O) groups excluding carboxylic acids is 1. The lowest BCUT2D eigenvalue weighted by Crippen LogP contribution is -2.62. The van der Waals surface area contributed by atoms with Crippen LogP contribution in [0.15, 0.2) is 42.5 Å². The number of piperidine rings is 1. The molecule has 1 spiro atoms. The molecule has 0 aliphatic carbocycles. The van der Waals surface area contributed by atoms with E-state index >= 15 is 0 Å². The number of nitrogens with zero attached hydrogens (tertiary/aromatic N) is 1. The van der Waals surface area contributed by atoms with Crippen LogP contribution in [0.5, 0.6) is 5.75 Å². The van der Waals surface area contributed by atoms with Crippen LogP contribution in [-0.2, 0) is 6.54 Å². The first-order valence-corrected chi connectivity index (χ1v) is 9.20. The number of carbonyl (C=O) groups is 1. The molecule has 1 fully saturated rings. The maximum absolute atomic E-state index is 12.5. The molecular weight excluding hydrogens is 350 g/mol. The van der Waals surface area contributed by atoms with Gasteiger partial charge in [-0.25, -0.2) is 0 Å². The van der Waals surface area contributed by atoms with Crippen LogP contribution in [0.2, 0.25) is 5.02 Å². The lowest BCUT2D eigenvalue weighted by atomic mass is 9.92. The van der Waals surface area contributed by atoms with Crippen LogP contribution in [0.3, 0.4) is 0 Å². The van der Waals surface area contributed by atoms with Gasteiger partial charge in [-0.15, -0.1) is 0 Å². The third-order valence-electron chi connectivity index (χ3n) is 5.23. The van der Waals surface area contributed by atoms with Gasteiger partial charge in [-0.3, -0.25) is 9.69 Å². The Morgan fingerprint density at radius 3 is 2.54 bits per heavy atom. The van der Waals surface area contributed by atoms with E-state index in [1.807, 2.05) is 24.3 Å². The Kier molecular flexibility index (Phi) is 4.51. The number of halogens is 1. The Morgan fingerprint density at radius 2 is 1.85 bits per heavy atom. The molecular formula is C20H22ClN3O2. The molecule has 5 nitrogen and oxygen atoms in total. The molecule has 6 heteroatoms. The summed E-state index contributed by atoms with van der Waals surface area (Å²) in [7, 11) is 1.68. The third kappa shape index (κ3) is 3.37. The van der Waals surface area contributed by atoms with Gasteiger partial charge in [0.05, 0.1) is 12.7 Å². The molecule has 2 heterocycles. The molecule has 2 N–H and O–H groups in total. The van der Waals surface area contributed by atoms with Gasteiger partial charge < -0.3 is 15.4 Å². The smallest absolute Gasteiger partial charge is 0.255 e. The minimum Gasteiger partial charge on any atom is -0.497 e. The van der Waals surface area contributed by atoms with Crippen LogP contribution in [0.25, 0.3) is 0 Å². The van der Waals surface area contributed by atoms with Gasteiger partial charge in [-0.1, -0.05) is 23.7 Å². The van der Waals surface area contributed by atoms with Gasteiger partial charge in [0, 0.05) is 43.2 Å². The molecule has 2 aromatic carbocycles. The Hall–Kier alpha value is -2.24. The average Bonchev–Trinajstić information content (AvgIpc) is 2.65. The van der Waals surface area contributed by atoms with E-state index in [1.54, 1.807) is 13.2 Å². The summed E-state index contributed by atoms with van der Waals surface area (Å²) in [5.74, 6) is 0.823. The van der Waals surface area contributed by atoms with E-state index in [9.17, 15) is 4.79 Å². The summed E-state index contributed by atoms with van der Waals surface area (Å²) in [6, 6.07) is 13.6. The number of likely N-dealkylation sites (tertiary alicyclic amines) is 1. The zero-order chi connectivity index (χ0) is 18.1. The largest absolute Gasteiger partial charge is 0.497 e. The lowest BCUT2D eigenvalue weighted by molar-refractivity contribution is 0.0822. The van der Waals surface area contributed by atoms with Gasteiger partial charge in [-0.2, -0.15) is 0 Å². The van der Waals surface area contributed by atoms with Crippen LogP contribution in [-0.4, -0.2) is 36.7 Å². The van der Waals surface area contributed by atoms with Gasteiger partial charge in [0.15, 0.2) is 0 Å². The first-order chi connectivity index (χ1) is 12.6. The fraction of sp³-hybridized carbons (Fsp3) is 0.350. The van der Waals surface area contributed by atoms with Crippen molar-refractivity contribution in [1.29, 1.82) is 0 Å². The molecule has 136 valence electrons. The highest BCUT2D eigenvalue weighted by molar-refractivity contribution is 6.31. The highest BCUT2D eigenvalue weighted by atomic mass is 35.5. The van der Waals surface area contributed by atoms with Crippen molar-refractivity contribution in [3.8, 4) is 5.75 Å². The van der Waals surface area contributed by atoms with Crippen molar-refractivity contribution in [3.05, 3.63) is 58.6 Å². The molecule has 26 heavy (non-hydrogen) atoms. The van der Waals surface area contributed by atoms with E-state index in [0.29, 0.717) is 10.6 Å². The van der Waals surface area contributed by atoms with Crippen molar-refractivity contribution < 1.29 is 9.53 Å². The molecule has 0 atom stereocenters. The van der Waals surface area contributed by atoms with Gasteiger partial charge in [0.25, 0.3) is 5.91 Å². The number of fused-ring (bicyclic) bond motifs is 1. The second kappa shape index (κ2) is 6.82. The number of hydrogen-bond donors (Lipinski definition) is 2. The van der Waals surface area contributed by atoms with Crippen molar-refractivity contribution in [2.75, 3.05) is 25.5 Å². The average molecular weight is 372 g/mol. The highest BCUT2D eigenvalue weighted by Crippen LogP contribution is 2.33. The maximum Gasteiger partial charge on any atom is 0.255 e. The summed E-state index contributed by atoms with van der Waals surface area (Å²) in [5.41, 5.74) is 2.38. The highest BCUT2D eigenvalue weighted by Gasteiger charge is 2.40. The lowest BCUT2D eigenvalue weighted by Gasteiger charge is -2.46. The summed E-state index contributed by atoms with van der Waals surface area (Å²) < 4.78 is 5.21. The molecule has 0 aromatic heterocycles. The summed E-state index contributed by atoms with van der Waals surface area (Å²) in [6.07, 6.45) is 1.72. The standard InChI is InChI=1S/C20H22ClN3O2/c1-26-16-5-2-14(3-6-16)13-24-10-8-20(9-11-24)22-18-7-4-15(21)12-17(18)19(25)23-20/h2-7,12,22H,8-11,13H2,1H3,(H,23,25). The van der Waals surface area contributed by atoms with E-state index < -0.39 is 0 Å². The quantitative estimate of drug-likeness (QED) is 0.867. The van der Waals surface area contributed by atoms with Crippen molar-refractivity contribution in [2.45, 2.75) is 25.0 Å². The predicted molar refractivity (Wildman–Crippen MR) is 103 cm³/mol. The number of ether oxygens (including phenoxy) is 1. The SMILES string of the molecule is COc1ccc(CN2CCC3(CC2)NC(=O)c2cc(Cl)ccc2N3)cc1. The topological polar surface area (TPSA) is 53.6 Å². The van der Waals surface area contributed by atoms with E-state index in [2.05, 4.69) is 27.7 Å². The Morgan fingerprint density at radius 1 is 1.12 bits per heavy atom. The fourth-order valence-electron chi connectivity index (χ4n) is 3.72. The summed E-state index contributed by atoms with van der Waals surface area (Å²) in [5, 5.41) is 7.27. The van der Waals surface area contributed by atoms with E-state index in [-0.39, 0.29) is 11.6 Å². The Balaban J connectivity index is 1.41. The molecule has 2 aliphatic rings. The third-order valence-corrected chi connectivity index (χ3v) is 5.46. The number of rotatable bonds is 3. The number of amides is 1. The minimum absolute atomic E-state index is 0.0511. The number of hydrogen-bond acceptors (Lipinski definition) is 4. The van der Waals surface area contributed by atoms with Gasteiger partial charge >= 0.3 is 0 Å². The van der Waals surface area contributed by atoms with Gasteiger partial charge in [0.1, 0.15) is 11.4 Å². The second-order valence-corrected chi connectivity index (χ2v) is 7.41. The zero-order valence-electron chi connectivity index (χ0n) is 14.7. The van der Waals surface area contributed by atoms with Gasteiger partial charge in [0.2, 0.25) is 0 Å². The predicted octanol–water partition coefficient (Wildman–Crippen LogP) is 3.50. The Labute approximate surface area is 158 Å². The van der Waals surface area contributed by atoms with E-state index in [0.717, 1.165) is 43.9 Å². The molecule has 2 aliphatic heterocycles. The summed E-state index contributed by atoms with van der Waals surface area (Å²) in [4.78, 5) is 14.9. The normalized spacial score (nSPS) is 18.8. The molecule has 1 amide bonds. The molecule has 0 radical (unpaired) electrons. The minimum atomic E-state index is -0.367. The zero-order valence-corrected chi connectivity index (χ0v) is 15.5. The van der Waals surface area contributed by atoms with E-state index in [1.165, 1.54) is 5.56 Å². The van der Waals surface area contributed by atoms with Gasteiger partial charge in [-0.05, 0) is 35.9 Å². The van der Waals surface area contributed by atoms with Crippen molar-refractivity contribution in [1.82, 2.24) is 10.2 Å². The summed E-state index contributed by atoms with van der Waals surface area (Å²) >= 11 is 6.01. The second-order valence-electron chi connectivity index (χ2n) is 6.98. The Bertz CT molecular complexity index is 814. The van der Waals surface area contributed by atoms with Crippen LogP contribution in [0.4, 0.5) is 5.69 Å². The van der Waals surface area contributed by atoms with Crippen LogP contribution in [0, 0.1) is 0 Å². The molecule has 0 saturated carbocycles. The number of anilines is 1. The molecule has 0 bridgehead atoms.